The van der Waals surface area contributed by atoms with Gasteiger partial charge in [0.2, 0.25) is 0 Å². The molecule has 0 aromatic heterocycles. The van der Waals surface area contributed by atoms with Crippen molar-refractivity contribution in [2.75, 3.05) is 40.8 Å². The van der Waals surface area contributed by atoms with E-state index in [1.54, 1.807) is 21.1 Å². The van der Waals surface area contributed by atoms with E-state index < -0.39 is 0 Å². The van der Waals surface area contributed by atoms with Crippen molar-refractivity contribution in [3.05, 3.63) is 5.48 Å². The molecule has 8 nitrogen and oxygen atoms in total. The van der Waals surface area contributed by atoms with Crippen LogP contribution >= 0.6 is 0 Å². The first-order valence-corrected chi connectivity index (χ1v) is 22.2. The number of carbonyl (C=O) groups excluding carboxylic acids is 2. The van der Waals surface area contributed by atoms with Gasteiger partial charge in [0, 0.05) is 53.2 Å². The van der Waals surface area contributed by atoms with E-state index in [0.29, 0.717) is 13.0 Å². The van der Waals surface area contributed by atoms with Crippen LogP contribution in [0, 0.1) is 0 Å². The van der Waals surface area contributed by atoms with Gasteiger partial charge in [0.15, 0.2) is 0 Å². The topological polar surface area (TPSA) is 102 Å². The quantitative estimate of drug-likeness (QED) is 0.0365. The Hall–Kier alpha value is 0.0439. The van der Waals surface area contributed by atoms with Gasteiger partial charge in [0.05, 0.1) is 12.7 Å². The monoisotopic (exact) mass is 834 g/mol. The summed E-state index contributed by atoms with van der Waals surface area (Å²) in [6, 6.07) is 0. The number of aliphatic hydroxyl groups excluding tert-OH is 1. The molecular formula is C44H94N3O5Y-. The summed E-state index contributed by atoms with van der Waals surface area (Å²) in [6.07, 6.45) is 38.7. The molecule has 9 heteroatoms. The number of rotatable bonds is 37. The maximum atomic E-state index is 11.7. The van der Waals surface area contributed by atoms with E-state index in [1.807, 2.05) is 6.79 Å². The summed E-state index contributed by atoms with van der Waals surface area (Å²) in [5, 5.41) is 14.9. The van der Waals surface area contributed by atoms with E-state index in [-0.39, 0.29) is 44.8 Å². The van der Waals surface area contributed by atoms with Gasteiger partial charge >= 0.3 is 5.97 Å². The van der Waals surface area contributed by atoms with E-state index >= 15 is 0 Å². The van der Waals surface area contributed by atoms with Gasteiger partial charge in [-0.05, 0) is 51.6 Å². The van der Waals surface area contributed by atoms with Crippen molar-refractivity contribution in [1.29, 1.82) is 0 Å². The van der Waals surface area contributed by atoms with E-state index in [4.69, 9.17) is 9.53 Å². The number of aliphatic hydroxyl groups is 1. The molecule has 0 aliphatic heterocycles. The first-order chi connectivity index (χ1) is 25.4. The molecule has 319 valence electrons. The van der Waals surface area contributed by atoms with Crippen molar-refractivity contribution in [2.24, 2.45) is 0 Å². The number of nitrogens with one attached hydrogen (secondary N) is 1. The predicted molar refractivity (Wildman–Crippen MR) is 227 cm³/mol. The molecule has 0 heterocycles. The van der Waals surface area contributed by atoms with Gasteiger partial charge in [-0.15, -0.1) is 7.05 Å². The molecule has 1 radical (unpaired) electrons. The second-order valence-electron chi connectivity index (χ2n) is 14.5. The fourth-order valence-electron chi connectivity index (χ4n) is 5.80. The van der Waals surface area contributed by atoms with Crippen molar-refractivity contribution in [3.63, 3.8) is 0 Å². The Bertz CT molecular complexity index is 620. The van der Waals surface area contributed by atoms with Gasteiger partial charge < -0.3 is 30.4 Å². The summed E-state index contributed by atoms with van der Waals surface area (Å²) in [6.45, 7) is 13.9. The number of unbranched alkanes of at least 4 members (excludes halogenated alkanes) is 23. The second kappa shape index (κ2) is 61.3. The Kier molecular flexibility index (Phi) is 72.0. The Labute approximate surface area is 357 Å². The van der Waals surface area contributed by atoms with Crippen LogP contribution in [0.2, 0.25) is 0 Å². The first-order valence-electron chi connectivity index (χ1n) is 22.2. The van der Waals surface area contributed by atoms with Crippen LogP contribution in [0.4, 0.5) is 0 Å². The maximum Gasteiger partial charge on any atom is 0.305 e. The molecule has 53 heavy (non-hydrogen) atoms. The zero-order valence-electron chi connectivity index (χ0n) is 36.9. The molecule has 0 bridgehead atoms. The fraction of sp³-hybridized carbons (Fsp3) is 0.955. The van der Waals surface area contributed by atoms with Gasteiger partial charge in [-0.1, -0.05) is 182 Å². The normalized spacial score (nSPS) is 11.0. The number of nitrogens with zero attached hydrogens (tertiary/aromatic N) is 2. The molecule has 0 aliphatic carbocycles. The standard InChI is InChI=1S/C24H49NO2.C16H34O.C3H9N2O.CH2O.Y/c1-3-5-7-9-13-17-21-25-22-18-14-11-12-16-20-24(26)27-23-19-15-10-8-6-4-2;1-3-5-7-9-11-13-15-16(17)14-12-10-8-6-4-2;1-4-6-5(2)3;1-2;/h25H,3-23H2,1-2H3;16-17H,3-15H2,1-2H3;1-3H3;1H2;/q;;-1;;. The van der Waals surface area contributed by atoms with Crippen LogP contribution < -0.4 is 5.32 Å². The van der Waals surface area contributed by atoms with Crippen molar-refractivity contribution in [3.8, 4) is 0 Å². The molecule has 0 aliphatic rings. The van der Waals surface area contributed by atoms with Crippen LogP contribution in [0.3, 0.4) is 0 Å². The van der Waals surface area contributed by atoms with Crippen molar-refractivity contribution >= 4 is 12.8 Å². The molecule has 0 aromatic carbocycles. The second-order valence-corrected chi connectivity index (χ2v) is 14.5. The number of hydrogen-bond acceptors (Lipinski definition) is 7. The minimum absolute atomic E-state index is 0. The van der Waals surface area contributed by atoms with Crippen molar-refractivity contribution in [2.45, 2.75) is 233 Å². The fourth-order valence-corrected chi connectivity index (χ4v) is 5.80. The molecular weight excluding hydrogens is 739 g/mol. The van der Waals surface area contributed by atoms with E-state index in [9.17, 15) is 9.90 Å². The van der Waals surface area contributed by atoms with Crippen molar-refractivity contribution < 1.29 is 57.1 Å². The average molecular weight is 834 g/mol. The number of hydrogen-bond donors (Lipinski definition) is 2. The Morgan fingerprint density at radius 3 is 1.28 bits per heavy atom. The molecule has 1 atom stereocenters. The van der Waals surface area contributed by atoms with Gasteiger partial charge in [-0.3, -0.25) is 4.79 Å². The molecule has 1 unspecified atom stereocenters. The van der Waals surface area contributed by atoms with Crippen LogP contribution in [-0.4, -0.2) is 69.9 Å². The molecule has 0 aromatic rings. The zero-order valence-corrected chi connectivity index (χ0v) is 39.7. The van der Waals surface area contributed by atoms with E-state index in [0.717, 1.165) is 38.6 Å². The summed E-state index contributed by atoms with van der Waals surface area (Å²) in [5.41, 5.74) is 3.36. The number of hydroxylamine groups is 3. The van der Waals surface area contributed by atoms with E-state index in [2.05, 4.69) is 43.4 Å². The largest absolute Gasteiger partial charge is 0.516 e. The number of ether oxygens (including phenoxy) is 1. The number of esters is 1. The molecule has 0 fully saturated rings. The van der Waals surface area contributed by atoms with Crippen molar-refractivity contribution in [1.82, 2.24) is 10.4 Å². The summed E-state index contributed by atoms with van der Waals surface area (Å²) >= 11 is 0. The Morgan fingerprint density at radius 2 is 0.925 bits per heavy atom. The molecule has 2 N–H and O–H groups in total. The third kappa shape index (κ3) is 70.3. The zero-order chi connectivity index (χ0) is 39.6. The summed E-state index contributed by atoms with van der Waals surface area (Å²) in [7, 11) is 5.12. The smallest absolute Gasteiger partial charge is 0.305 e. The van der Waals surface area contributed by atoms with Crippen LogP contribution in [0.1, 0.15) is 227 Å². The van der Waals surface area contributed by atoms with Crippen LogP contribution in [0.25, 0.3) is 5.48 Å². The van der Waals surface area contributed by atoms with Gasteiger partial charge in [-0.2, -0.15) is 0 Å². The Balaban J connectivity index is -0.000000251. The summed E-state index contributed by atoms with van der Waals surface area (Å²) < 4.78 is 5.31. The minimum atomic E-state index is -0.0252. The molecule has 0 spiro atoms. The average Bonchev–Trinajstić information content (AvgIpc) is 3.14. The maximum absolute atomic E-state index is 11.7. The summed E-state index contributed by atoms with van der Waals surface area (Å²) in [4.78, 5) is 24.2. The van der Waals surface area contributed by atoms with Gasteiger partial charge in [0.1, 0.15) is 6.79 Å². The van der Waals surface area contributed by atoms with Crippen LogP contribution in [0.15, 0.2) is 0 Å². The summed E-state index contributed by atoms with van der Waals surface area (Å²) in [5.74, 6) is 0.00385. The van der Waals surface area contributed by atoms with Gasteiger partial charge in [0.25, 0.3) is 0 Å². The SMILES string of the molecule is C=O.CCCCCCCCC(O)CCCCCCC.CCCCCCCCNCCCCCCCC(=O)OCCCCCCCC.C[N-]ON(C)C.[Y]. The third-order valence-electron chi connectivity index (χ3n) is 8.98. The van der Waals surface area contributed by atoms with Crippen LogP contribution in [-0.2, 0) is 52.0 Å². The molecule has 0 saturated carbocycles. The molecule has 0 saturated heterocycles. The molecule has 0 rings (SSSR count). The minimum Gasteiger partial charge on any atom is -0.516 e. The third-order valence-corrected chi connectivity index (χ3v) is 8.98. The van der Waals surface area contributed by atoms with E-state index in [1.165, 1.54) is 172 Å². The Morgan fingerprint density at radius 1 is 0.585 bits per heavy atom. The van der Waals surface area contributed by atoms with Crippen LogP contribution in [0.5, 0.6) is 0 Å². The predicted octanol–water partition coefficient (Wildman–Crippen LogP) is 12.8. The molecule has 0 amide bonds. The van der Waals surface area contributed by atoms with Gasteiger partial charge in [-0.25, -0.2) is 5.06 Å². The number of carbonyl (C=O) groups is 2. The first kappa shape index (κ1) is 62.2.